The van der Waals surface area contributed by atoms with Gasteiger partial charge in [0.1, 0.15) is 11.9 Å². The predicted molar refractivity (Wildman–Crippen MR) is 123 cm³/mol. The number of rotatable bonds is 5. The molecule has 4 N–H and O–H groups in total. The first-order valence-electron chi connectivity index (χ1n) is 10.5. The fourth-order valence-electron chi connectivity index (χ4n) is 4.23. The van der Waals surface area contributed by atoms with E-state index in [2.05, 4.69) is 10.2 Å². The van der Waals surface area contributed by atoms with E-state index < -0.39 is 10.0 Å². The Morgan fingerprint density at radius 1 is 1.03 bits per heavy atom. The van der Waals surface area contributed by atoms with Gasteiger partial charge in [0.15, 0.2) is 0 Å². The Morgan fingerprint density at radius 2 is 1.81 bits per heavy atom. The standard InChI is InChI=1S/C22H27N5O3S/c23-21(24)16-5-3-6-19(15-16)26-12-2-1-7-20(26)22(28)25-17-8-10-18(11-9-17)27-13-4-14-31(27,29)30/h3,5-6,8-11,15,20H,1-2,4,7,12-14H2,(H3,23,24)(H,25,28). The molecule has 9 heteroatoms. The van der Waals surface area contributed by atoms with Crippen LogP contribution in [0, 0.1) is 5.41 Å². The Morgan fingerprint density at radius 3 is 2.48 bits per heavy atom. The number of carbonyl (C=O) groups is 1. The average Bonchev–Trinajstić information content (AvgIpc) is 3.13. The van der Waals surface area contributed by atoms with Gasteiger partial charge in [-0.1, -0.05) is 12.1 Å². The first-order valence-corrected chi connectivity index (χ1v) is 12.1. The second-order valence-electron chi connectivity index (χ2n) is 7.95. The number of nitrogens with one attached hydrogen (secondary N) is 2. The lowest BCUT2D eigenvalue weighted by atomic mass is 9.99. The highest BCUT2D eigenvalue weighted by molar-refractivity contribution is 7.93. The number of carbonyl (C=O) groups excluding carboxylic acids is 1. The molecule has 2 heterocycles. The van der Waals surface area contributed by atoms with Crippen LogP contribution in [0.4, 0.5) is 17.1 Å². The summed E-state index contributed by atoms with van der Waals surface area (Å²) in [7, 11) is -3.23. The summed E-state index contributed by atoms with van der Waals surface area (Å²) in [5.74, 6) is 0.0721. The molecule has 0 aliphatic carbocycles. The highest BCUT2D eigenvalue weighted by Crippen LogP contribution is 2.28. The van der Waals surface area contributed by atoms with Gasteiger partial charge < -0.3 is 16.0 Å². The van der Waals surface area contributed by atoms with Crippen LogP contribution in [0.25, 0.3) is 0 Å². The number of nitrogens with two attached hydrogens (primary N) is 1. The summed E-state index contributed by atoms with van der Waals surface area (Å²) >= 11 is 0. The van der Waals surface area contributed by atoms with Crippen LogP contribution in [0.15, 0.2) is 48.5 Å². The molecule has 2 saturated heterocycles. The van der Waals surface area contributed by atoms with Gasteiger partial charge in [-0.25, -0.2) is 8.42 Å². The molecule has 31 heavy (non-hydrogen) atoms. The zero-order chi connectivity index (χ0) is 22.0. The SMILES string of the molecule is N=C(N)c1cccc(N2CCCCC2C(=O)Nc2ccc(N3CCCS3(=O)=O)cc2)c1. The second kappa shape index (κ2) is 8.58. The van der Waals surface area contributed by atoms with Crippen molar-refractivity contribution in [2.75, 3.05) is 33.4 Å². The molecule has 8 nitrogen and oxygen atoms in total. The number of benzene rings is 2. The molecule has 2 aliphatic heterocycles. The van der Waals surface area contributed by atoms with Gasteiger partial charge in [0.05, 0.1) is 11.4 Å². The summed E-state index contributed by atoms with van der Waals surface area (Å²) in [4.78, 5) is 15.2. The largest absolute Gasteiger partial charge is 0.384 e. The maximum absolute atomic E-state index is 13.1. The van der Waals surface area contributed by atoms with E-state index in [0.29, 0.717) is 29.9 Å². The number of nitrogens with zero attached hydrogens (tertiary/aromatic N) is 2. The van der Waals surface area contributed by atoms with Crippen LogP contribution in [0.3, 0.4) is 0 Å². The van der Waals surface area contributed by atoms with Crippen LogP contribution in [0.2, 0.25) is 0 Å². The number of hydrogen-bond donors (Lipinski definition) is 3. The Balaban J connectivity index is 1.49. The van der Waals surface area contributed by atoms with Crippen molar-refractivity contribution in [3.8, 4) is 0 Å². The fraction of sp³-hybridized carbons (Fsp3) is 0.364. The van der Waals surface area contributed by atoms with E-state index in [1.54, 1.807) is 30.3 Å². The van der Waals surface area contributed by atoms with E-state index in [4.69, 9.17) is 11.1 Å². The van der Waals surface area contributed by atoms with Crippen molar-refractivity contribution in [3.05, 3.63) is 54.1 Å². The quantitative estimate of drug-likeness (QED) is 0.486. The van der Waals surface area contributed by atoms with Crippen LogP contribution in [0.5, 0.6) is 0 Å². The van der Waals surface area contributed by atoms with Crippen molar-refractivity contribution in [3.63, 3.8) is 0 Å². The molecule has 2 aromatic carbocycles. The van der Waals surface area contributed by atoms with Crippen molar-refractivity contribution in [2.45, 2.75) is 31.7 Å². The minimum Gasteiger partial charge on any atom is -0.384 e. The third kappa shape index (κ3) is 4.51. The van der Waals surface area contributed by atoms with Gasteiger partial charge in [0, 0.05) is 30.0 Å². The van der Waals surface area contributed by atoms with Gasteiger partial charge in [-0.3, -0.25) is 14.5 Å². The molecule has 1 unspecified atom stereocenters. The molecule has 1 atom stereocenters. The van der Waals surface area contributed by atoms with E-state index in [1.165, 1.54) is 4.31 Å². The summed E-state index contributed by atoms with van der Waals surface area (Å²) in [6.45, 7) is 1.25. The van der Waals surface area contributed by atoms with E-state index in [9.17, 15) is 13.2 Å². The lowest BCUT2D eigenvalue weighted by molar-refractivity contribution is -0.117. The molecule has 1 amide bonds. The monoisotopic (exact) mass is 441 g/mol. The molecule has 4 rings (SSSR count). The number of anilines is 3. The van der Waals surface area contributed by atoms with Crippen molar-refractivity contribution in [1.82, 2.24) is 0 Å². The van der Waals surface area contributed by atoms with Gasteiger partial charge >= 0.3 is 0 Å². The Kier molecular flexibility index (Phi) is 5.86. The molecule has 2 aromatic rings. The number of sulfonamides is 1. The van der Waals surface area contributed by atoms with Gasteiger partial charge in [-0.2, -0.15) is 0 Å². The molecular formula is C22H27N5O3S. The minimum atomic E-state index is -3.23. The number of amidine groups is 1. The third-order valence-corrected chi connectivity index (χ3v) is 7.69. The van der Waals surface area contributed by atoms with Crippen LogP contribution in [-0.4, -0.2) is 45.0 Å². The molecular weight excluding hydrogens is 414 g/mol. The fourth-order valence-corrected chi connectivity index (χ4v) is 5.80. The van der Waals surface area contributed by atoms with Gasteiger partial charge in [0.2, 0.25) is 15.9 Å². The Bertz CT molecular complexity index is 1080. The first-order chi connectivity index (χ1) is 14.8. The normalized spacial score (nSPS) is 20.5. The summed E-state index contributed by atoms with van der Waals surface area (Å²) in [6, 6.07) is 14.0. The minimum absolute atomic E-state index is 0.0000302. The van der Waals surface area contributed by atoms with E-state index >= 15 is 0 Å². The number of amides is 1. The maximum atomic E-state index is 13.1. The molecule has 0 aromatic heterocycles. The van der Waals surface area contributed by atoms with E-state index in [0.717, 1.165) is 31.5 Å². The highest BCUT2D eigenvalue weighted by atomic mass is 32.2. The number of hydrogen-bond acceptors (Lipinski definition) is 5. The van der Waals surface area contributed by atoms with Crippen LogP contribution in [0.1, 0.15) is 31.2 Å². The summed E-state index contributed by atoms with van der Waals surface area (Å²) in [5.41, 5.74) is 8.39. The smallest absolute Gasteiger partial charge is 0.247 e. The van der Waals surface area contributed by atoms with E-state index in [-0.39, 0.29) is 23.5 Å². The molecule has 0 saturated carbocycles. The summed E-state index contributed by atoms with van der Waals surface area (Å²) < 4.78 is 25.6. The molecule has 0 radical (unpaired) electrons. The van der Waals surface area contributed by atoms with Gasteiger partial charge in [-0.05, 0) is 62.1 Å². The second-order valence-corrected chi connectivity index (χ2v) is 9.96. The summed E-state index contributed by atoms with van der Waals surface area (Å²) in [5, 5.41) is 10.6. The van der Waals surface area contributed by atoms with Crippen LogP contribution >= 0.6 is 0 Å². The third-order valence-electron chi connectivity index (χ3n) is 5.82. The summed E-state index contributed by atoms with van der Waals surface area (Å²) in [6.07, 6.45) is 3.32. The first kappa shape index (κ1) is 21.2. The number of nitrogen functional groups attached to an aromatic ring is 1. The topological polar surface area (TPSA) is 120 Å². The lowest BCUT2D eigenvalue weighted by Crippen LogP contribution is -2.47. The molecule has 164 valence electrons. The zero-order valence-corrected chi connectivity index (χ0v) is 18.1. The van der Waals surface area contributed by atoms with Crippen molar-refractivity contribution in [1.29, 1.82) is 5.41 Å². The number of piperidine rings is 1. The van der Waals surface area contributed by atoms with Crippen LogP contribution in [-0.2, 0) is 14.8 Å². The lowest BCUT2D eigenvalue weighted by Gasteiger charge is -2.36. The van der Waals surface area contributed by atoms with Crippen molar-refractivity contribution >= 4 is 38.8 Å². The molecule has 2 fully saturated rings. The predicted octanol–water partition coefficient (Wildman–Crippen LogP) is 2.51. The zero-order valence-electron chi connectivity index (χ0n) is 17.3. The molecule has 2 aliphatic rings. The van der Waals surface area contributed by atoms with Crippen molar-refractivity contribution in [2.24, 2.45) is 5.73 Å². The van der Waals surface area contributed by atoms with Crippen LogP contribution < -0.4 is 20.3 Å². The van der Waals surface area contributed by atoms with Crippen molar-refractivity contribution < 1.29 is 13.2 Å². The average molecular weight is 442 g/mol. The molecule has 0 spiro atoms. The highest BCUT2D eigenvalue weighted by Gasteiger charge is 2.30. The van der Waals surface area contributed by atoms with Gasteiger partial charge in [-0.15, -0.1) is 0 Å². The Hall–Kier alpha value is -3.07. The molecule has 0 bridgehead atoms. The van der Waals surface area contributed by atoms with Gasteiger partial charge in [0.25, 0.3) is 0 Å². The van der Waals surface area contributed by atoms with E-state index in [1.807, 2.05) is 18.2 Å². The Labute approximate surface area is 182 Å². The maximum Gasteiger partial charge on any atom is 0.247 e.